The van der Waals surface area contributed by atoms with Gasteiger partial charge in [-0.2, -0.15) is 0 Å². The van der Waals surface area contributed by atoms with E-state index >= 15 is 0 Å². The number of phenols is 1. The number of carbonyl (C=O) groups excluding carboxylic acids is 2. The third-order valence-electron chi connectivity index (χ3n) is 6.37. The van der Waals surface area contributed by atoms with Gasteiger partial charge in [0.1, 0.15) is 17.1 Å². The minimum absolute atomic E-state index is 0.0417. The Morgan fingerprint density at radius 3 is 2.32 bits per heavy atom. The fourth-order valence-electron chi connectivity index (χ4n) is 4.35. The highest BCUT2D eigenvalue weighted by Gasteiger charge is 2.26. The number of pyridine rings is 1. The molecule has 0 radical (unpaired) electrons. The molecule has 0 saturated heterocycles. The second-order valence-electron chi connectivity index (χ2n) is 9.15. The van der Waals surface area contributed by atoms with Gasteiger partial charge in [0.15, 0.2) is 0 Å². The van der Waals surface area contributed by atoms with Gasteiger partial charge >= 0.3 is 0 Å². The number of thioether (sulfide) groups is 1. The Hall–Kier alpha value is -3.56. The summed E-state index contributed by atoms with van der Waals surface area (Å²) in [6.45, 7) is 1.67. The first-order valence-electron chi connectivity index (χ1n) is 12.2. The van der Waals surface area contributed by atoms with Crippen LogP contribution >= 0.6 is 11.8 Å². The van der Waals surface area contributed by atoms with Crippen molar-refractivity contribution in [2.45, 2.75) is 56.2 Å². The molecular formula is C28H31N3O5S. The van der Waals surface area contributed by atoms with Crippen molar-refractivity contribution in [2.24, 2.45) is 0 Å². The van der Waals surface area contributed by atoms with E-state index in [-0.39, 0.29) is 47.7 Å². The first-order chi connectivity index (χ1) is 17.9. The Labute approximate surface area is 220 Å². The van der Waals surface area contributed by atoms with E-state index in [0.29, 0.717) is 42.6 Å². The molecule has 1 saturated carbocycles. The van der Waals surface area contributed by atoms with Crippen molar-refractivity contribution < 1.29 is 24.5 Å². The number of aliphatic hydroxyl groups excluding tert-OH is 1. The van der Waals surface area contributed by atoms with E-state index in [0.717, 1.165) is 10.5 Å². The summed E-state index contributed by atoms with van der Waals surface area (Å²) in [5, 5.41) is 25.4. The summed E-state index contributed by atoms with van der Waals surface area (Å²) in [6.07, 6.45) is 6.44. The summed E-state index contributed by atoms with van der Waals surface area (Å²) >= 11 is 1.61. The number of rotatable bonds is 8. The van der Waals surface area contributed by atoms with Gasteiger partial charge in [0.05, 0.1) is 12.2 Å². The quantitative estimate of drug-likeness (QED) is 0.320. The molecule has 4 N–H and O–H groups in total. The summed E-state index contributed by atoms with van der Waals surface area (Å²) in [6, 6.07) is 13.8. The highest BCUT2D eigenvalue weighted by atomic mass is 32.2. The number of amides is 2. The molecule has 1 aliphatic rings. The largest absolute Gasteiger partial charge is 0.507 e. The molecule has 0 unspecified atom stereocenters. The number of ether oxygens (including phenoxy) is 1. The number of aromatic hydroxyl groups is 1. The van der Waals surface area contributed by atoms with Crippen molar-refractivity contribution in [3.05, 3.63) is 77.0 Å². The van der Waals surface area contributed by atoms with Crippen LogP contribution in [0.2, 0.25) is 0 Å². The normalized spacial score (nSPS) is 17.2. The highest BCUT2D eigenvalue weighted by Crippen LogP contribution is 2.28. The van der Waals surface area contributed by atoms with Crippen LogP contribution in [0.15, 0.2) is 59.6 Å². The lowest BCUT2D eigenvalue weighted by Gasteiger charge is -2.30. The number of hydrogen-bond donors (Lipinski definition) is 4. The molecule has 9 heteroatoms. The molecule has 0 aliphatic heterocycles. The average molecular weight is 522 g/mol. The van der Waals surface area contributed by atoms with Crippen LogP contribution in [0.1, 0.15) is 57.5 Å². The third kappa shape index (κ3) is 6.81. The fourth-order valence-corrected chi connectivity index (χ4v) is 4.80. The Kier molecular flexibility index (Phi) is 8.68. The predicted octanol–water partition coefficient (Wildman–Crippen LogP) is 4.57. The molecule has 1 heterocycles. The van der Waals surface area contributed by atoms with E-state index in [4.69, 9.17) is 4.74 Å². The molecule has 2 amide bonds. The molecule has 3 aromatic rings. The lowest BCUT2D eigenvalue weighted by atomic mass is 9.90. The zero-order valence-corrected chi connectivity index (χ0v) is 21.7. The van der Waals surface area contributed by atoms with Crippen LogP contribution in [-0.4, -0.2) is 45.4 Å². The fraction of sp³-hybridized carbons (Fsp3) is 0.321. The summed E-state index contributed by atoms with van der Waals surface area (Å²) in [5.41, 5.74) is 1.93. The SMILES string of the molecule is CSc1cccc(Oc2ncc(C)cc2C(=O)NC2CCC(NC(=O)c3cc(CO)ccc3O)CC2)c1. The van der Waals surface area contributed by atoms with Crippen molar-refractivity contribution >= 4 is 23.6 Å². The monoisotopic (exact) mass is 521 g/mol. The highest BCUT2D eigenvalue weighted by molar-refractivity contribution is 7.98. The first kappa shape index (κ1) is 26.5. The van der Waals surface area contributed by atoms with Crippen molar-refractivity contribution in [3.8, 4) is 17.4 Å². The smallest absolute Gasteiger partial charge is 0.257 e. The van der Waals surface area contributed by atoms with Gasteiger partial charge in [-0.1, -0.05) is 12.1 Å². The van der Waals surface area contributed by atoms with Crippen molar-refractivity contribution in [1.29, 1.82) is 0 Å². The maximum Gasteiger partial charge on any atom is 0.257 e. The number of hydrogen-bond acceptors (Lipinski definition) is 7. The molecule has 0 bridgehead atoms. The van der Waals surface area contributed by atoms with E-state index in [2.05, 4.69) is 15.6 Å². The molecule has 1 aliphatic carbocycles. The molecule has 37 heavy (non-hydrogen) atoms. The summed E-state index contributed by atoms with van der Waals surface area (Å²) in [5.74, 6) is 0.126. The lowest BCUT2D eigenvalue weighted by molar-refractivity contribution is 0.0888. The molecule has 0 spiro atoms. The van der Waals surface area contributed by atoms with Crippen LogP contribution in [0.25, 0.3) is 0 Å². The van der Waals surface area contributed by atoms with E-state index in [9.17, 15) is 19.8 Å². The number of nitrogens with one attached hydrogen (secondary N) is 2. The second kappa shape index (κ2) is 12.1. The number of aromatic nitrogens is 1. The third-order valence-corrected chi connectivity index (χ3v) is 7.10. The van der Waals surface area contributed by atoms with Gasteiger partial charge in [-0.15, -0.1) is 11.8 Å². The predicted molar refractivity (Wildman–Crippen MR) is 142 cm³/mol. The van der Waals surface area contributed by atoms with Gasteiger partial charge in [0.25, 0.3) is 11.8 Å². The van der Waals surface area contributed by atoms with Crippen molar-refractivity contribution in [1.82, 2.24) is 15.6 Å². The molecule has 2 aromatic carbocycles. The first-order valence-corrected chi connectivity index (χ1v) is 13.4. The maximum atomic E-state index is 13.2. The average Bonchev–Trinajstić information content (AvgIpc) is 2.91. The van der Waals surface area contributed by atoms with Gasteiger partial charge in [-0.05, 0) is 86.4 Å². The van der Waals surface area contributed by atoms with Gasteiger partial charge < -0.3 is 25.6 Å². The van der Waals surface area contributed by atoms with Gasteiger partial charge in [-0.25, -0.2) is 4.98 Å². The zero-order valence-electron chi connectivity index (χ0n) is 20.9. The van der Waals surface area contributed by atoms with Crippen LogP contribution in [-0.2, 0) is 6.61 Å². The van der Waals surface area contributed by atoms with E-state index < -0.39 is 0 Å². The number of carbonyl (C=O) groups is 2. The number of benzene rings is 2. The molecule has 194 valence electrons. The molecule has 8 nitrogen and oxygen atoms in total. The van der Waals surface area contributed by atoms with E-state index in [1.54, 1.807) is 30.1 Å². The van der Waals surface area contributed by atoms with E-state index in [1.807, 2.05) is 37.4 Å². The topological polar surface area (TPSA) is 121 Å². The molecular weight excluding hydrogens is 490 g/mol. The molecule has 1 fully saturated rings. The Morgan fingerprint density at radius 1 is 1.00 bits per heavy atom. The second-order valence-corrected chi connectivity index (χ2v) is 10.0. The molecule has 1 aromatic heterocycles. The lowest BCUT2D eigenvalue weighted by Crippen LogP contribution is -2.44. The Balaban J connectivity index is 1.36. The standard InChI is InChI=1S/C28H31N3O5S/c1-17-12-24(28(29-15-17)36-21-4-3-5-22(14-21)37-2)27(35)31-20-9-7-19(8-10-20)30-26(34)23-13-18(16-32)6-11-25(23)33/h3-6,11-15,19-20,32-33H,7-10,16H2,1-2H3,(H,30,34)(H,31,35). The maximum absolute atomic E-state index is 13.2. The van der Waals surface area contributed by atoms with Crippen LogP contribution < -0.4 is 15.4 Å². The van der Waals surface area contributed by atoms with Gasteiger partial charge in [-0.3, -0.25) is 9.59 Å². The number of nitrogens with zero attached hydrogens (tertiary/aromatic N) is 1. The van der Waals surface area contributed by atoms with Crippen LogP contribution in [0.4, 0.5) is 0 Å². The van der Waals surface area contributed by atoms with E-state index in [1.165, 1.54) is 12.1 Å². The Bertz CT molecular complexity index is 1270. The van der Waals surface area contributed by atoms with Gasteiger partial charge in [0.2, 0.25) is 5.88 Å². The van der Waals surface area contributed by atoms with Crippen LogP contribution in [0, 0.1) is 6.92 Å². The molecule has 0 atom stereocenters. The minimum Gasteiger partial charge on any atom is -0.507 e. The zero-order chi connectivity index (χ0) is 26.4. The minimum atomic E-state index is -0.376. The summed E-state index contributed by atoms with van der Waals surface area (Å²) in [4.78, 5) is 31.3. The number of aliphatic hydroxyl groups is 1. The summed E-state index contributed by atoms with van der Waals surface area (Å²) in [7, 11) is 0. The summed E-state index contributed by atoms with van der Waals surface area (Å²) < 4.78 is 5.98. The van der Waals surface area contributed by atoms with Crippen molar-refractivity contribution in [3.63, 3.8) is 0 Å². The number of aryl methyl sites for hydroxylation is 1. The number of phenolic OH excluding ortho intramolecular Hbond substituents is 1. The van der Waals surface area contributed by atoms with Crippen molar-refractivity contribution in [2.75, 3.05) is 6.26 Å². The Morgan fingerprint density at radius 2 is 1.68 bits per heavy atom. The van der Waals surface area contributed by atoms with Gasteiger partial charge in [0, 0.05) is 23.2 Å². The van der Waals surface area contributed by atoms with Crippen LogP contribution in [0.3, 0.4) is 0 Å². The van der Waals surface area contributed by atoms with Crippen LogP contribution in [0.5, 0.6) is 17.4 Å². The molecule has 4 rings (SSSR count).